The average molecular weight is 235 g/mol. The lowest BCUT2D eigenvalue weighted by molar-refractivity contribution is -0.137. The van der Waals surface area contributed by atoms with Gasteiger partial charge >= 0.3 is 0 Å². The molecule has 0 unspecified atom stereocenters. The third kappa shape index (κ3) is 3.18. The van der Waals surface area contributed by atoms with Crippen LogP contribution in [0.1, 0.15) is 12.0 Å². The van der Waals surface area contributed by atoms with E-state index in [0.717, 1.165) is 24.2 Å². The maximum atomic E-state index is 11.8. The molecule has 92 valence electrons. The van der Waals surface area contributed by atoms with Gasteiger partial charge in [0.2, 0.25) is 5.91 Å². The van der Waals surface area contributed by atoms with Crippen LogP contribution in [-0.2, 0) is 9.63 Å². The lowest BCUT2D eigenvalue weighted by Crippen LogP contribution is -2.30. The summed E-state index contributed by atoms with van der Waals surface area (Å²) in [5.74, 6) is -0.0828. The summed E-state index contributed by atoms with van der Waals surface area (Å²) in [5.41, 5.74) is 8.08. The monoisotopic (exact) mass is 235 g/mol. The number of amides is 1. The maximum absolute atomic E-state index is 11.8. The van der Waals surface area contributed by atoms with Crippen molar-refractivity contribution in [3.8, 4) is 0 Å². The lowest BCUT2D eigenvalue weighted by atomic mass is 10.2. The first-order valence-corrected chi connectivity index (χ1v) is 5.69. The molecule has 0 atom stereocenters. The molecule has 0 saturated carbocycles. The van der Waals surface area contributed by atoms with E-state index in [1.54, 1.807) is 11.1 Å². The molecule has 1 saturated heterocycles. The number of carbonyl (C=O) groups is 1. The van der Waals surface area contributed by atoms with Crippen molar-refractivity contribution in [1.82, 2.24) is 5.06 Å². The Hall–Kier alpha value is -1.59. The molecule has 1 aromatic carbocycles. The molecule has 1 aliphatic heterocycles. The topological polar surface area (TPSA) is 67.6 Å². The maximum Gasteiger partial charge on any atom is 0.241 e. The molecule has 5 nitrogen and oxygen atoms in total. The number of carbonyl (C=O) groups excluding carboxylic acids is 1. The fourth-order valence-corrected chi connectivity index (χ4v) is 1.75. The fourth-order valence-electron chi connectivity index (χ4n) is 1.75. The molecule has 0 aromatic heterocycles. The standard InChI is InChI=1S/C12H17N3O2/c1-9-3-4-10(13)7-11(9)14-12(16)8-15-5-2-6-17-15/h3-4,7H,2,5-6,8,13H2,1H3,(H,14,16). The molecule has 1 aromatic rings. The molecule has 1 fully saturated rings. The van der Waals surface area contributed by atoms with Gasteiger partial charge < -0.3 is 11.1 Å². The van der Waals surface area contributed by atoms with Crippen molar-refractivity contribution < 1.29 is 9.63 Å². The molecular formula is C12H17N3O2. The Bertz CT molecular complexity index is 414. The van der Waals surface area contributed by atoms with Gasteiger partial charge in [-0.1, -0.05) is 6.07 Å². The first-order valence-electron chi connectivity index (χ1n) is 5.69. The molecule has 0 spiro atoms. The van der Waals surface area contributed by atoms with E-state index in [4.69, 9.17) is 10.6 Å². The predicted octanol–water partition coefficient (Wildman–Crippen LogP) is 1.15. The number of nitrogens with two attached hydrogens (primary N) is 1. The van der Waals surface area contributed by atoms with Crippen molar-refractivity contribution in [1.29, 1.82) is 0 Å². The van der Waals surface area contributed by atoms with Gasteiger partial charge in [0.1, 0.15) is 6.54 Å². The smallest absolute Gasteiger partial charge is 0.241 e. The summed E-state index contributed by atoms with van der Waals surface area (Å²) >= 11 is 0. The van der Waals surface area contributed by atoms with Gasteiger partial charge in [-0.05, 0) is 31.0 Å². The van der Waals surface area contributed by atoms with Gasteiger partial charge in [0, 0.05) is 17.9 Å². The summed E-state index contributed by atoms with van der Waals surface area (Å²) in [6.45, 7) is 3.70. The molecule has 5 heteroatoms. The number of nitrogens with zero attached hydrogens (tertiary/aromatic N) is 1. The Morgan fingerprint density at radius 2 is 2.41 bits per heavy atom. The van der Waals surface area contributed by atoms with E-state index < -0.39 is 0 Å². The van der Waals surface area contributed by atoms with Crippen LogP contribution < -0.4 is 11.1 Å². The van der Waals surface area contributed by atoms with Crippen LogP contribution in [0.5, 0.6) is 0 Å². The molecule has 2 rings (SSSR count). The minimum atomic E-state index is -0.0828. The first kappa shape index (κ1) is 11.9. The largest absolute Gasteiger partial charge is 0.399 e. The van der Waals surface area contributed by atoms with E-state index in [0.29, 0.717) is 12.3 Å². The van der Waals surface area contributed by atoms with Crippen molar-refractivity contribution in [2.45, 2.75) is 13.3 Å². The van der Waals surface area contributed by atoms with Gasteiger partial charge in [0.25, 0.3) is 0 Å². The zero-order valence-electron chi connectivity index (χ0n) is 9.90. The van der Waals surface area contributed by atoms with Crippen molar-refractivity contribution in [3.63, 3.8) is 0 Å². The number of nitrogens with one attached hydrogen (secondary N) is 1. The van der Waals surface area contributed by atoms with Crippen LogP contribution in [0.15, 0.2) is 18.2 Å². The predicted molar refractivity (Wildman–Crippen MR) is 66.4 cm³/mol. The Morgan fingerprint density at radius 3 is 3.12 bits per heavy atom. The van der Waals surface area contributed by atoms with Crippen LogP contribution in [0.4, 0.5) is 11.4 Å². The normalized spacial score (nSPS) is 16.1. The van der Waals surface area contributed by atoms with Gasteiger partial charge in [-0.25, -0.2) is 0 Å². The van der Waals surface area contributed by atoms with Crippen LogP contribution >= 0.6 is 0 Å². The Morgan fingerprint density at radius 1 is 1.59 bits per heavy atom. The van der Waals surface area contributed by atoms with E-state index in [1.807, 2.05) is 19.1 Å². The third-order valence-corrected chi connectivity index (χ3v) is 2.68. The first-order chi connectivity index (χ1) is 8.15. The number of aryl methyl sites for hydroxylation is 1. The number of benzene rings is 1. The summed E-state index contributed by atoms with van der Waals surface area (Å²) < 4.78 is 0. The Balaban J connectivity index is 1.95. The number of hydrogen-bond donors (Lipinski definition) is 2. The van der Waals surface area contributed by atoms with Crippen molar-refractivity contribution in [2.75, 3.05) is 30.7 Å². The highest BCUT2D eigenvalue weighted by molar-refractivity contribution is 5.93. The number of nitrogen functional groups attached to an aromatic ring is 1. The molecular weight excluding hydrogens is 218 g/mol. The van der Waals surface area contributed by atoms with Gasteiger partial charge in [-0.3, -0.25) is 9.63 Å². The lowest BCUT2D eigenvalue weighted by Gasteiger charge is -2.14. The van der Waals surface area contributed by atoms with E-state index in [-0.39, 0.29) is 12.5 Å². The number of hydrogen-bond acceptors (Lipinski definition) is 4. The summed E-state index contributed by atoms with van der Waals surface area (Å²) in [4.78, 5) is 17.0. The second-order valence-electron chi connectivity index (χ2n) is 4.17. The summed E-state index contributed by atoms with van der Waals surface area (Å²) in [5, 5.41) is 4.51. The summed E-state index contributed by atoms with van der Waals surface area (Å²) in [7, 11) is 0. The van der Waals surface area contributed by atoms with Gasteiger partial charge in [-0.15, -0.1) is 0 Å². The van der Waals surface area contributed by atoms with E-state index in [9.17, 15) is 4.79 Å². The molecule has 0 bridgehead atoms. The Labute approximate surface area is 100 Å². The Kier molecular flexibility index (Phi) is 3.61. The number of hydroxylamine groups is 2. The summed E-state index contributed by atoms with van der Waals surface area (Å²) in [6, 6.07) is 5.46. The fraction of sp³-hybridized carbons (Fsp3) is 0.417. The molecule has 1 heterocycles. The quantitative estimate of drug-likeness (QED) is 0.771. The van der Waals surface area contributed by atoms with Crippen LogP contribution in [0.3, 0.4) is 0 Å². The third-order valence-electron chi connectivity index (χ3n) is 2.68. The van der Waals surface area contributed by atoms with E-state index in [1.165, 1.54) is 0 Å². The molecule has 1 amide bonds. The molecule has 17 heavy (non-hydrogen) atoms. The molecule has 3 N–H and O–H groups in total. The minimum absolute atomic E-state index is 0.0828. The van der Waals surface area contributed by atoms with Crippen LogP contribution in [0.25, 0.3) is 0 Å². The SMILES string of the molecule is Cc1ccc(N)cc1NC(=O)CN1CCCO1. The molecule has 1 aliphatic rings. The summed E-state index contributed by atoms with van der Waals surface area (Å²) in [6.07, 6.45) is 0.977. The minimum Gasteiger partial charge on any atom is -0.399 e. The van der Waals surface area contributed by atoms with Crippen molar-refractivity contribution >= 4 is 17.3 Å². The highest BCUT2D eigenvalue weighted by Crippen LogP contribution is 2.18. The second kappa shape index (κ2) is 5.16. The highest BCUT2D eigenvalue weighted by Gasteiger charge is 2.16. The zero-order valence-corrected chi connectivity index (χ0v) is 9.90. The van der Waals surface area contributed by atoms with Gasteiger partial charge in [0.15, 0.2) is 0 Å². The second-order valence-corrected chi connectivity index (χ2v) is 4.17. The van der Waals surface area contributed by atoms with Crippen LogP contribution in [0.2, 0.25) is 0 Å². The van der Waals surface area contributed by atoms with Gasteiger partial charge in [0.05, 0.1) is 6.61 Å². The van der Waals surface area contributed by atoms with Crippen molar-refractivity contribution in [2.24, 2.45) is 0 Å². The van der Waals surface area contributed by atoms with Crippen molar-refractivity contribution in [3.05, 3.63) is 23.8 Å². The van der Waals surface area contributed by atoms with Crippen LogP contribution in [-0.4, -0.2) is 30.7 Å². The molecule has 0 aliphatic carbocycles. The van der Waals surface area contributed by atoms with E-state index >= 15 is 0 Å². The number of rotatable bonds is 3. The number of anilines is 2. The molecule has 0 radical (unpaired) electrons. The highest BCUT2D eigenvalue weighted by atomic mass is 16.7. The average Bonchev–Trinajstić information content (AvgIpc) is 2.76. The van der Waals surface area contributed by atoms with Crippen LogP contribution in [0, 0.1) is 6.92 Å². The van der Waals surface area contributed by atoms with E-state index in [2.05, 4.69) is 5.32 Å². The zero-order chi connectivity index (χ0) is 12.3. The van der Waals surface area contributed by atoms with Gasteiger partial charge in [-0.2, -0.15) is 5.06 Å².